The Morgan fingerprint density at radius 3 is 2.67 bits per heavy atom. The number of fused-ring (bicyclic) bond motifs is 1. The summed E-state index contributed by atoms with van der Waals surface area (Å²) in [5, 5.41) is 11.5. The molecule has 0 bridgehead atoms. The Morgan fingerprint density at radius 2 is 2.00 bits per heavy atom. The van der Waals surface area contributed by atoms with Crippen LogP contribution in [0.4, 0.5) is 4.39 Å². The van der Waals surface area contributed by atoms with E-state index in [0.717, 1.165) is 24.9 Å². The molecule has 0 aliphatic carbocycles. The highest BCUT2D eigenvalue weighted by atomic mass is 19.1. The van der Waals surface area contributed by atoms with Crippen molar-refractivity contribution in [1.29, 1.82) is 0 Å². The van der Waals surface area contributed by atoms with Crippen LogP contribution in [0.5, 0.6) is 0 Å². The molecule has 5 nitrogen and oxygen atoms in total. The smallest absolute Gasteiger partial charge is 0.230 e. The minimum atomic E-state index is -0.281. The van der Waals surface area contributed by atoms with Gasteiger partial charge in [0.25, 0.3) is 0 Å². The summed E-state index contributed by atoms with van der Waals surface area (Å²) in [5.41, 5.74) is 0.850. The van der Waals surface area contributed by atoms with Gasteiger partial charge in [0.05, 0.1) is 5.92 Å². The first-order valence-electron chi connectivity index (χ1n) is 8.32. The second-order valence-electron chi connectivity index (χ2n) is 7.51. The number of carbonyl (C=O) groups excluding carboxylic acids is 1. The summed E-state index contributed by atoms with van der Waals surface area (Å²) in [6, 6.07) is 6.20. The SMILES string of the molecule is CC(C)(C)CNC(=O)C1CCCn2c(-c3ccc(F)cc3)nnc21. The van der Waals surface area contributed by atoms with Gasteiger partial charge in [0.2, 0.25) is 5.91 Å². The Labute approximate surface area is 141 Å². The van der Waals surface area contributed by atoms with Gasteiger partial charge in [-0.05, 0) is 42.5 Å². The third kappa shape index (κ3) is 3.47. The van der Waals surface area contributed by atoms with Crippen molar-refractivity contribution in [3.63, 3.8) is 0 Å². The molecule has 2 aromatic rings. The Bertz CT molecular complexity index is 730. The number of nitrogens with zero attached hydrogens (tertiary/aromatic N) is 3. The molecule has 1 aliphatic heterocycles. The van der Waals surface area contributed by atoms with E-state index in [-0.39, 0.29) is 23.1 Å². The van der Waals surface area contributed by atoms with E-state index in [4.69, 9.17) is 0 Å². The molecule has 2 heterocycles. The molecular weight excluding hydrogens is 307 g/mol. The van der Waals surface area contributed by atoms with E-state index in [2.05, 4.69) is 36.3 Å². The molecule has 0 radical (unpaired) electrons. The standard InChI is InChI=1S/C18H23FN4O/c1-18(2,3)11-20-17(24)14-5-4-10-23-15(21-22-16(14)23)12-6-8-13(19)9-7-12/h6-9,14H,4-5,10-11H2,1-3H3,(H,20,24). The van der Waals surface area contributed by atoms with Crippen molar-refractivity contribution < 1.29 is 9.18 Å². The molecule has 0 spiro atoms. The number of hydrogen-bond donors (Lipinski definition) is 1. The molecule has 1 aromatic carbocycles. The Morgan fingerprint density at radius 1 is 1.29 bits per heavy atom. The van der Waals surface area contributed by atoms with Gasteiger partial charge in [-0.2, -0.15) is 0 Å². The molecule has 1 atom stereocenters. The molecule has 1 unspecified atom stereocenters. The van der Waals surface area contributed by atoms with Crippen LogP contribution in [0.1, 0.15) is 45.4 Å². The van der Waals surface area contributed by atoms with E-state index in [0.29, 0.717) is 18.2 Å². The fourth-order valence-electron chi connectivity index (χ4n) is 2.91. The summed E-state index contributed by atoms with van der Waals surface area (Å²) in [6.07, 6.45) is 1.67. The summed E-state index contributed by atoms with van der Waals surface area (Å²) in [6.45, 7) is 7.66. The van der Waals surface area contributed by atoms with Crippen molar-refractivity contribution in [3.05, 3.63) is 35.9 Å². The third-order valence-electron chi connectivity index (χ3n) is 4.18. The number of rotatable bonds is 3. The first-order valence-corrected chi connectivity index (χ1v) is 8.32. The van der Waals surface area contributed by atoms with Crippen LogP contribution in [0.15, 0.2) is 24.3 Å². The van der Waals surface area contributed by atoms with Crippen LogP contribution < -0.4 is 5.32 Å². The van der Waals surface area contributed by atoms with Gasteiger partial charge in [0.1, 0.15) is 11.6 Å². The quantitative estimate of drug-likeness (QED) is 0.940. The number of nitrogens with one attached hydrogen (secondary N) is 1. The zero-order valence-corrected chi connectivity index (χ0v) is 14.3. The molecule has 1 amide bonds. The highest BCUT2D eigenvalue weighted by molar-refractivity contribution is 5.83. The maximum atomic E-state index is 13.1. The van der Waals surface area contributed by atoms with Crippen molar-refractivity contribution >= 4 is 5.91 Å². The molecular formula is C18H23FN4O. The van der Waals surface area contributed by atoms with Crippen molar-refractivity contribution in [2.24, 2.45) is 5.41 Å². The van der Waals surface area contributed by atoms with E-state index in [1.54, 1.807) is 12.1 Å². The van der Waals surface area contributed by atoms with Crippen LogP contribution in [0, 0.1) is 11.2 Å². The minimum absolute atomic E-state index is 0.00364. The van der Waals surface area contributed by atoms with Gasteiger partial charge < -0.3 is 9.88 Å². The molecule has 1 aliphatic rings. The monoisotopic (exact) mass is 330 g/mol. The number of halogens is 1. The Kier molecular flexibility index (Phi) is 4.39. The zero-order valence-electron chi connectivity index (χ0n) is 14.3. The Balaban J connectivity index is 1.84. The highest BCUT2D eigenvalue weighted by Gasteiger charge is 2.31. The predicted molar refractivity (Wildman–Crippen MR) is 89.9 cm³/mol. The average Bonchev–Trinajstić information content (AvgIpc) is 2.96. The zero-order chi connectivity index (χ0) is 17.3. The lowest BCUT2D eigenvalue weighted by molar-refractivity contribution is -0.123. The molecule has 128 valence electrons. The molecule has 1 aromatic heterocycles. The maximum Gasteiger partial charge on any atom is 0.230 e. The first kappa shape index (κ1) is 16.6. The molecule has 0 saturated heterocycles. The van der Waals surface area contributed by atoms with E-state index in [9.17, 15) is 9.18 Å². The van der Waals surface area contributed by atoms with Crippen molar-refractivity contribution in [1.82, 2.24) is 20.1 Å². The van der Waals surface area contributed by atoms with Gasteiger partial charge in [-0.25, -0.2) is 4.39 Å². The van der Waals surface area contributed by atoms with Gasteiger partial charge in [0.15, 0.2) is 5.82 Å². The number of carbonyl (C=O) groups is 1. The lowest BCUT2D eigenvalue weighted by Crippen LogP contribution is -2.37. The van der Waals surface area contributed by atoms with Gasteiger partial charge in [-0.1, -0.05) is 20.8 Å². The lowest BCUT2D eigenvalue weighted by Gasteiger charge is -2.25. The van der Waals surface area contributed by atoms with Crippen LogP contribution in [-0.4, -0.2) is 27.2 Å². The molecule has 24 heavy (non-hydrogen) atoms. The summed E-state index contributed by atoms with van der Waals surface area (Å²) in [4.78, 5) is 12.6. The van der Waals surface area contributed by atoms with Crippen LogP contribution >= 0.6 is 0 Å². The molecule has 0 saturated carbocycles. The van der Waals surface area contributed by atoms with Crippen molar-refractivity contribution in [2.45, 2.75) is 46.1 Å². The van der Waals surface area contributed by atoms with Gasteiger partial charge >= 0.3 is 0 Å². The van der Waals surface area contributed by atoms with Crippen molar-refractivity contribution in [3.8, 4) is 11.4 Å². The van der Waals surface area contributed by atoms with Crippen LogP contribution in [0.25, 0.3) is 11.4 Å². The fraction of sp³-hybridized carbons (Fsp3) is 0.500. The van der Waals surface area contributed by atoms with Crippen LogP contribution in [0.2, 0.25) is 0 Å². The fourth-order valence-corrected chi connectivity index (χ4v) is 2.91. The average molecular weight is 330 g/mol. The second kappa shape index (κ2) is 6.34. The number of aromatic nitrogens is 3. The number of amides is 1. The largest absolute Gasteiger partial charge is 0.355 e. The predicted octanol–water partition coefficient (Wildman–Crippen LogP) is 3.12. The van der Waals surface area contributed by atoms with E-state index in [1.165, 1.54) is 12.1 Å². The summed E-state index contributed by atoms with van der Waals surface area (Å²) in [5.74, 6) is 0.841. The maximum absolute atomic E-state index is 13.1. The summed E-state index contributed by atoms with van der Waals surface area (Å²) < 4.78 is 15.1. The van der Waals surface area contributed by atoms with E-state index < -0.39 is 0 Å². The van der Waals surface area contributed by atoms with Gasteiger partial charge in [-0.3, -0.25) is 4.79 Å². The van der Waals surface area contributed by atoms with Gasteiger partial charge in [0, 0.05) is 18.7 Å². The van der Waals surface area contributed by atoms with Crippen molar-refractivity contribution in [2.75, 3.05) is 6.54 Å². The molecule has 6 heteroatoms. The van der Waals surface area contributed by atoms with E-state index >= 15 is 0 Å². The van der Waals surface area contributed by atoms with Crippen LogP contribution in [-0.2, 0) is 11.3 Å². The topological polar surface area (TPSA) is 59.8 Å². The lowest BCUT2D eigenvalue weighted by atomic mass is 9.94. The van der Waals surface area contributed by atoms with Crippen LogP contribution in [0.3, 0.4) is 0 Å². The molecule has 0 fully saturated rings. The number of benzene rings is 1. The normalized spacial score (nSPS) is 17.4. The Hall–Kier alpha value is -2.24. The third-order valence-corrected chi connectivity index (χ3v) is 4.18. The number of hydrogen-bond acceptors (Lipinski definition) is 3. The highest BCUT2D eigenvalue weighted by Crippen LogP contribution is 2.30. The van der Waals surface area contributed by atoms with Gasteiger partial charge in [-0.15, -0.1) is 10.2 Å². The first-order chi connectivity index (χ1) is 11.3. The molecule has 3 rings (SSSR count). The minimum Gasteiger partial charge on any atom is -0.355 e. The summed E-state index contributed by atoms with van der Waals surface area (Å²) >= 11 is 0. The van der Waals surface area contributed by atoms with E-state index in [1.807, 2.05) is 4.57 Å². The summed E-state index contributed by atoms with van der Waals surface area (Å²) in [7, 11) is 0. The molecule has 1 N–H and O–H groups in total. The second-order valence-corrected chi connectivity index (χ2v) is 7.51.